The third-order valence-electron chi connectivity index (χ3n) is 4.44. The molecule has 2 aromatic rings. The second-order valence-corrected chi connectivity index (χ2v) is 6.09. The van der Waals surface area contributed by atoms with Crippen LogP contribution in [0.25, 0.3) is 0 Å². The summed E-state index contributed by atoms with van der Waals surface area (Å²) in [6, 6.07) is 5.53. The molecule has 1 aromatic carbocycles. The molecule has 2 N–H and O–H groups in total. The normalized spacial score (nSPS) is 11.9. The van der Waals surface area contributed by atoms with E-state index >= 15 is 0 Å². The van der Waals surface area contributed by atoms with Crippen molar-refractivity contribution in [2.75, 3.05) is 12.4 Å². The van der Waals surface area contributed by atoms with Gasteiger partial charge in [-0.2, -0.15) is 0 Å². The van der Waals surface area contributed by atoms with Crippen molar-refractivity contribution >= 4 is 17.4 Å². The Morgan fingerprint density at radius 2 is 1.79 bits per heavy atom. The van der Waals surface area contributed by atoms with Crippen LogP contribution in [0.3, 0.4) is 0 Å². The van der Waals surface area contributed by atoms with Crippen molar-refractivity contribution in [2.24, 2.45) is 0 Å². The molecule has 1 aromatic heterocycles. The molecule has 5 heteroatoms. The van der Waals surface area contributed by atoms with Crippen molar-refractivity contribution in [2.45, 2.75) is 40.7 Å². The van der Waals surface area contributed by atoms with E-state index in [4.69, 9.17) is 4.74 Å². The smallest absolute Gasteiger partial charge is 0.339 e. The molecular weight excluding hydrogens is 304 g/mol. The van der Waals surface area contributed by atoms with Crippen molar-refractivity contribution < 1.29 is 14.3 Å². The second-order valence-electron chi connectivity index (χ2n) is 6.09. The average molecular weight is 328 g/mol. The van der Waals surface area contributed by atoms with Gasteiger partial charge in [0.2, 0.25) is 5.78 Å². The zero-order valence-corrected chi connectivity index (χ0v) is 15.0. The van der Waals surface area contributed by atoms with Crippen LogP contribution in [0.2, 0.25) is 0 Å². The van der Waals surface area contributed by atoms with Gasteiger partial charge in [0.15, 0.2) is 0 Å². The molecule has 0 amide bonds. The number of carbonyl (C=O) groups is 2. The molecule has 0 spiro atoms. The fourth-order valence-electron chi connectivity index (χ4n) is 2.83. The number of aromatic nitrogens is 1. The monoisotopic (exact) mass is 328 g/mol. The molecule has 128 valence electrons. The largest absolute Gasteiger partial charge is 0.465 e. The molecule has 0 bridgehead atoms. The number of carbonyl (C=O) groups excluding carboxylic acids is 2. The Morgan fingerprint density at radius 3 is 2.42 bits per heavy atom. The number of nitrogens with one attached hydrogen (secondary N) is 2. The quantitative estimate of drug-likeness (QED) is 0.648. The Balaban J connectivity index is 2.29. The van der Waals surface area contributed by atoms with E-state index in [1.165, 1.54) is 12.7 Å². The number of Topliss-reactive ketones (excluding diaryl/α,β-unsaturated/α-hetero) is 1. The number of H-pyrrole nitrogens is 1. The van der Waals surface area contributed by atoms with E-state index in [9.17, 15) is 9.59 Å². The van der Waals surface area contributed by atoms with Crippen molar-refractivity contribution in [1.82, 2.24) is 4.98 Å². The minimum atomic E-state index is -0.435. The number of rotatable bonds is 5. The van der Waals surface area contributed by atoms with Crippen LogP contribution >= 0.6 is 0 Å². The predicted octanol–water partition coefficient (Wildman–Crippen LogP) is 3.72. The molecule has 0 aliphatic carbocycles. The van der Waals surface area contributed by atoms with E-state index in [2.05, 4.69) is 10.3 Å². The molecule has 0 fully saturated rings. The summed E-state index contributed by atoms with van der Waals surface area (Å²) in [6.07, 6.45) is 0. The van der Waals surface area contributed by atoms with Crippen molar-refractivity contribution in [3.05, 3.63) is 51.8 Å². The van der Waals surface area contributed by atoms with Gasteiger partial charge in [0.05, 0.1) is 24.4 Å². The number of esters is 1. The van der Waals surface area contributed by atoms with Crippen LogP contribution < -0.4 is 5.32 Å². The number of ketones is 1. The summed E-state index contributed by atoms with van der Waals surface area (Å²) in [6.45, 7) is 9.40. The van der Waals surface area contributed by atoms with Crippen LogP contribution in [0.4, 0.5) is 5.69 Å². The molecule has 24 heavy (non-hydrogen) atoms. The Kier molecular flexibility index (Phi) is 5.12. The molecular formula is C19H24N2O3. The molecule has 5 nitrogen and oxygen atoms in total. The first-order valence-electron chi connectivity index (χ1n) is 7.92. The topological polar surface area (TPSA) is 71.2 Å². The summed E-state index contributed by atoms with van der Waals surface area (Å²) in [5.41, 5.74) is 5.36. The van der Waals surface area contributed by atoms with Crippen LogP contribution in [0.1, 0.15) is 50.2 Å². The van der Waals surface area contributed by atoms with Gasteiger partial charge in [-0.1, -0.05) is 12.1 Å². The lowest BCUT2D eigenvalue weighted by Crippen LogP contribution is -2.27. The number of hydrogen-bond acceptors (Lipinski definition) is 4. The van der Waals surface area contributed by atoms with E-state index in [-0.39, 0.29) is 5.78 Å². The predicted molar refractivity (Wildman–Crippen MR) is 94.9 cm³/mol. The first kappa shape index (κ1) is 17.8. The highest BCUT2D eigenvalue weighted by molar-refractivity contribution is 6.04. The van der Waals surface area contributed by atoms with Crippen LogP contribution in [0, 0.1) is 27.7 Å². The molecule has 0 radical (unpaired) electrons. The second kappa shape index (κ2) is 6.91. The van der Waals surface area contributed by atoms with E-state index < -0.39 is 12.0 Å². The maximum absolute atomic E-state index is 12.8. The Hall–Kier alpha value is -2.56. The number of aryl methyl sites for hydroxylation is 2. The Morgan fingerprint density at radius 1 is 1.12 bits per heavy atom. The number of methoxy groups -OCH3 is 1. The lowest BCUT2D eigenvalue weighted by Gasteiger charge is -2.17. The highest BCUT2D eigenvalue weighted by atomic mass is 16.5. The SMILES string of the molecule is COC(=O)c1c(C)[nH]c(C(=O)[C@H](C)Nc2cccc(C)c2C)c1C. The van der Waals surface area contributed by atoms with E-state index in [0.29, 0.717) is 22.5 Å². The molecule has 0 aliphatic rings. The van der Waals surface area contributed by atoms with Crippen LogP contribution in [-0.2, 0) is 4.74 Å². The first-order valence-corrected chi connectivity index (χ1v) is 7.92. The summed E-state index contributed by atoms with van der Waals surface area (Å²) < 4.78 is 4.79. The lowest BCUT2D eigenvalue weighted by molar-refractivity contribution is 0.0599. The number of ether oxygens (including phenoxy) is 1. The molecule has 0 unspecified atom stereocenters. The summed E-state index contributed by atoms with van der Waals surface area (Å²) >= 11 is 0. The molecule has 0 aliphatic heterocycles. The number of anilines is 1. The lowest BCUT2D eigenvalue weighted by atomic mass is 10.0. The third kappa shape index (κ3) is 3.20. The van der Waals surface area contributed by atoms with Crippen molar-refractivity contribution in [3.63, 3.8) is 0 Å². The molecule has 0 saturated carbocycles. The van der Waals surface area contributed by atoms with Gasteiger partial charge in [0, 0.05) is 11.4 Å². The van der Waals surface area contributed by atoms with Crippen molar-refractivity contribution in [3.8, 4) is 0 Å². The minimum absolute atomic E-state index is 0.0911. The van der Waals surface area contributed by atoms with Gasteiger partial charge in [0.1, 0.15) is 0 Å². The third-order valence-corrected chi connectivity index (χ3v) is 4.44. The van der Waals surface area contributed by atoms with E-state index in [0.717, 1.165) is 11.3 Å². The fraction of sp³-hybridized carbons (Fsp3) is 0.368. The average Bonchev–Trinajstić information content (AvgIpc) is 2.85. The van der Waals surface area contributed by atoms with Crippen LogP contribution in [-0.4, -0.2) is 29.9 Å². The molecule has 1 heterocycles. The van der Waals surface area contributed by atoms with E-state index in [1.54, 1.807) is 13.8 Å². The zero-order chi connectivity index (χ0) is 18.0. The van der Waals surface area contributed by atoms with Gasteiger partial charge >= 0.3 is 5.97 Å². The summed E-state index contributed by atoms with van der Waals surface area (Å²) in [5.74, 6) is -0.526. The first-order chi connectivity index (χ1) is 11.3. The molecule has 1 atom stereocenters. The van der Waals surface area contributed by atoms with Crippen LogP contribution in [0.5, 0.6) is 0 Å². The molecule has 2 rings (SSSR count). The molecule has 0 saturated heterocycles. The van der Waals surface area contributed by atoms with Crippen molar-refractivity contribution in [1.29, 1.82) is 0 Å². The summed E-state index contributed by atoms with van der Waals surface area (Å²) in [5, 5.41) is 3.26. The Labute approximate surface area is 142 Å². The fourth-order valence-corrected chi connectivity index (χ4v) is 2.83. The zero-order valence-electron chi connectivity index (χ0n) is 15.0. The summed E-state index contributed by atoms with van der Waals surface area (Å²) in [4.78, 5) is 27.7. The van der Waals surface area contributed by atoms with Gasteiger partial charge in [-0.05, 0) is 57.4 Å². The maximum atomic E-state index is 12.8. The van der Waals surface area contributed by atoms with Gasteiger partial charge in [-0.15, -0.1) is 0 Å². The van der Waals surface area contributed by atoms with Gasteiger partial charge in [-0.25, -0.2) is 4.79 Å². The van der Waals surface area contributed by atoms with Gasteiger partial charge < -0.3 is 15.0 Å². The Bertz CT molecular complexity index is 790. The van der Waals surface area contributed by atoms with Crippen LogP contribution in [0.15, 0.2) is 18.2 Å². The number of hydrogen-bond donors (Lipinski definition) is 2. The highest BCUT2D eigenvalue weighted by Gasteiger charge is 2.25. The number of aromatic amines is 1. The van der Waals surface area contributed by atoms with Gasteiger partial charge in [-0.3, -0.25) is 4.79 Å². The summed E-state index contributed by atoms with van der Waals surface area (Å²) in [7, 11) is 1.33. The minimum Gasteiger partial charge on any atom is -0.465 e. The maximum Gasteiger partial charge on any atom is 0.339 e. The van der Waals surface area contributed by atoms with Gasteiger partial charge in [0.25, 0.3) is 0 Å². The number of benzene rings is 1. The van der Waals surface area contributed by atoms with E-state index in [1.807, 2.05) is 39.0 Å². The highest BCUT2D eigenvalue weighted by Crippen LogP contribution is 2.23. The standard InChI is InChI=1S/C19H24N2O3/c1-10-8-7-9-15(11(10)2)20-14(5)18(22)17-12(3)16(13(4)21-17)19(23)24-6/h7-9,14,20-21H,1-6H3/t14-/m0/s1.